The van der Waals surface area contributed by atoms with Gasteiger partial charge in [-0.1, -0.05) is 37.0 Å². The third kappa shape index (κ3) is 4.05. The average Bonchev–Trinajstić information content (AvgIpc) is 2.48. The zero-order valence-corrected chi connectivity index (χ0v) is 15.0. The second kappa shape index (κ2) is 8.13. The summed E-state index contributed by atoms with van der Waals surface area (Å²) in [6, 6.07) is 2.48. The van der Waals surface area contributed by atoms with Crippen LogP contribution in [0.25, 0.3) is 0 Å². The van der Waals surface area contributed by atoms with Gasteiger partial charge in [0, 0.05) is 49.8 Å². The largest absolute Gasteiger partial charge is 0.396 e. The third-order valence-electron chi connectivity index (χ3n) is 4.02. The molecule has 0 amide bonds. The summed E-state index contributed by atoms with van der Waals surface area (Å²) in [5.41, 5.74) is -0.155. The molecule has 1 fully saturated rings. The maximum Gasteiger partial charge on any atom is 0.129 e. The molecule has 1 aromatic rings. The van der Waals surface area contributed by atoms with Gasteiger partial charge < -0.3 is 10.4 Å². The van der Waals surface area contributed by atoms with Crippen LogP contribution in [0.2, 0.25) is 10.0 Å². The van der Waals surface area contributed by atoms with Crippen molar-refractivity contribution >= 4 is 35.6 Å². The van der Waals surface area contributed by atoms with Crippen LogP contribution in [0.5, 0.6) is 0 Å². The Hall–Kier alpha value is -0.100. The van der Waals surface area contributed by atoms with E-state index >= 15 is 0 Å². The van der Waals surface area contributed by atoms with Crippen LogP contribution in [0.15, 0.2) is 12.1 Å². The quantitative estimate of drug-likeness (QED) is 0.795. The van der Waals surface area contributed by atoms with Gasteiger partial charge in [-0.2, -0.15) is 0 Å². The van der Waals surface area contributed by atoms with Gasteiger partial charge >= 0.3 is 0 Å². The van der Waals surface area contributed by atoms with Crippen molar-refractivity contribution in [3.05, 3.63) is 33.6 Å². The minimum absolute atomic E-state index is 0. The van der Waals surface area contributed by atoms with E-state index in [2.05, 4.69) is 10.2 Å². The Balaban J connectivity index is 0.00000242. The predicted octanol–water partition coefficient (Wildman–Crippen LogP) is 3.52. The molecule has 1 heterocycles. The summed E-state index contributed by atoms with van der Waals surface area (Å²) in [5, 5.41) is 13.6. The molecule has 3 nitrogen and oxygen atoms in total. The molecule has 1 saturated heterocycles. The molecule has 0 saturated carbocycles. The first-order valence-corrected chi connectivity index (χ1v) is 7.83. The molecule has 7 heteroatoms. The molecule has 1 atom stereocenters. The van der Waals surface area contributed by atoms with E-state index in [-0.39, 0.29) is 35.9 Å². The van der Waals surface area contributed by atoms with Crippen LogP contribution in [-0.2, 0) is 0 Å². The average molecular weight is 372 g/mol. The summed E-state index contributed by atoms with van der Waals surface area (Å²) < 4.78 is 14.4. The minimum Gasteiger partial charge on any atom is -0.396 e. The van der Waals surface area contributed by atoms with Crippen LogP contribution in [0.1, 0.15) is 25.5 Å². The maximum absolute atomic E-state index is 14.4. The summed E-state index contributed by atoms with van der Waals surface area (Å²) in [6.45, 7) is 6.97. The number of nitrogens with zero attached hydrogens (tertiary/aromatic N) is 1. The van der Waals surface area contributed by atoms with Crippen molar-refractivity contribution in [1.29, 1.82) is 0 Å². The second-order valence-corrected chi connectivity index (χ2v) is 6.88. The summed E-state index contributed by atoms with van der Waals surface area (Å²) in [6.07, 6.45) is 0. The topological polar surface area (TPSA) is 35.5 Å². The number of halogens is 4. The van der Waals surface area contributed by atoms with Crippen molar-refractivity contribution in [3.8, 4) is 0 Å². The number of aliphatic hydroxyl groups excluding tert-OH is 1. The lowest BCUT2D eigenvalue weighted by atomic mass is 9.79. The summed E-state index contributed by atoms with van der Waals surface area (Å²) >= 11 is 12.3. The van der Waals surface area contributed by atoms with E-state index in [1.807, 2.05) is 13.8 Å². The fourth-order valence-electron chi connectivity index (χ4n) is 2.89. The Morgan fingerprint density at radius 3 is 2.45 bits per heavy atom. The predicted molar refractivity (Wildman–Crippen MR) is 91.7 cm³/mol. The highest BCUT2D eigenvalue weighted by molar-refractivity contribution is 6.42. The molecule has 1 aliphatic heterocycles. The number of hydrogen-bond donors (Lipinski definition) is 2. The van der Waals surface area contributed by atoms with Crippen molar-refractivity contribution < 1.29 is 9.50 Å². The van der Waals surface area contributed by atoms with Crippen LogP contribution in [0.4, 0.5) is 4.39 Å². The van der Waals surface area contributed by atoms with E-state index in [0.717, 1.165) is 26.2 Å². The van der Waals surface area contributed by atoms with Gasteiger partial charge in [0.15, 0.2) is 0 Å². The lowest BCUT2D eigenvalue weighted by Gasteiger charge is -2.43. The Labute approximate surface area is 147 Å². The van der Waals surface area contributed by atoms with Crippen LogP contribution >= 0.6 is 35.6 Å². The van der Waals surface area contributed by atoms with Crippen molar-refractivity contribution in [1.82, 2.24) is 10.2 Å². The first kappa shape index (κ1) is 19.9. The number of benzene rings is 1. The SMILES string of the molecule is CC(C)(CO)[C@H](c1c(F)ccc(Cl)c1Cl)N1CCNCC1.Cl. The highest BCUT2D eigenvalue weighted by Gasteiger charge is 2.38. The van der Waals surface area contributed by atoms with E-state index in [4.69, 9.17) is 23.2 Å². The molecule has 1 aromatic carbocycles. The normalized spacial score (nSPS) is 17.9. The van der Waals surface area contributed by atoms with Gasteiger partial charge in [0.1, 0.15) is 5.82 Å². The van der Waals surface area contributed by atoms with Gasteiger partial charge in [-0.25, -0.2) is 4.39 Å². The van der Waals surface area contributed by atoms with Crippen molar-refractivity contribution in [2.24, 2.45) is 5.41 Å². The maximum atomic E-state index is 14.4. The van der Waals surface area contributed by atoms with Crippen molar-refractivity contribution in [3.63, 3.8) is 0 Å². The first-order chi connectivity index (χ1) is 9.88. The van der Waals surface area contributed by atoms with Gasteiger partial charge in [0.05, 0.1) is 10.0 Å². The lowest BCUT2D eigenvalue weighted by Crippen LogP contribution is -2.50. The van der Waals surface area contributed by atoms with Gasteiger partial charge in [-0.05, 0) is 12.1 Å². The summed E-state index contributed by atoms with van der Waals surface area (Å²) in [7, 11) is 0. The molecule has 0 bridgehead atoms. The van der Waals surface area contributed by atoms with E-state index < -0.39 is 5.41 Å². The lowest BCUT2D eigenvalue weighted by molar-refractivity contribution is 0.0287. The van der Waals surface area contributed by atoms with E-state index in [0.29, 0.717) is 10.6 Å². The monoisotopic (exact) mass is 370 g/mol. The molecule has 2 N–H and O–H groups in total. The van der Waals surface area contributed by atoms with Crippen LogP contribution in [-0.4, -0.2) is 42.8 Å². The molecule has 0 spiro atoms. The highest BCUT2D eigenvalue weighted by Crippen LogP contribution is 2.44. The molecule has 0 radical (unpaired) electrons. The van der Waals surface area contributed by atoms with Gasteiger partial charge in [0.25, 0.3) is 0 Å². The van der Waals surface area contributed by atoms with Crippen LogP contribution in [0, 0.1) is 11.2 Å². The van der Waals surface area contributed by atoms with E-state index in [1.165, 1.54) is 12.1 Å². The van der Waals surface area contributed by atoms with Crippen LogP contribution in [0.3, 0.4) is 0 Å². The molecule has 0 aliphatic carbocycles. The molecule has 22 heavy (non-hydrogen) atoms. The number of aliphatic hydroxyl groups is 1. The van der Waals surface area contributed by atoms with Crippen molar-refractivity contribution in [2.75, 3.05) is 32.8 Å². The van der Waals surface area contributed by atoms with Gasteiger partial charge in [-0.3, -0.25) is 4.90 Å². The Morgan fingerprint density at radius 2 is 1.91 bits per heavy atom. The van der Waals surface area contributed by atoms with E-state index in [1.54, 1.807) is 0 Å². The Morgan fingerprint density at radius 1 is 1.32 bits per heavy atom. The molecular formula is C15H22Cl3FN2O. The molecule has 0 aromatic heterocycles. The molecule has 0 unspecified atom stereocenters. The number of rotatable bonds is 4. The Kier molecular flexibility index (Phi) is 7.37. The number of hydrogen-bond acceptors (Lipinski definition) is 3. The Bertz CT molecular complexity index is 508. The van der Waals surface area contributed by atoms with Crippen LogP contribution < -0.4 is 5.32 Å². The fraction of sp³-hybridized carbons (Fsp3) is 0.600. The summed E-state index contributed by atoms with van der Waals surface area (Å²) in [5.74, 6) is -0.380. The molecule has 2 rings (SSSR count). The minimum atomic E-state index is -0.535. The zero-order valence-electron chi connectivity index (χ0n) is 12.7. The molecule has 126 valence electrons. The summed E-state index contributed by atoms with van der Waals surface area (Å²) in [4.78, 5) is 2.16. The first-order valence-electron chi connectivity index (χ1n) is 7.07. The van der Waals surface area contributed by atoms with Crippen molar-refractivity contribution in [2.45, 2.75) is 19.9 Å². The smallest absolute Gasteiger partial charge is 0.129 e. The van der Waals surface area contributed by atoms with E-state index in [9.17, 15) is 9.50 Å². The van der Waals surface area contributed by atoms with Gasteiger partial charge in [0.2, 0.25) is 0 Å². The molecular weight excluding hydrogens is 350 g/mol. The van der Waals surface area contributed by atoms with Gasteiger partial charge in [-0.15, -0.1) is 12.4 Å². The highest BCUT2D eigenvalue weighted by atomic mass is 35.5. The zero-order chi connectivity index (χ0) is 15.6. The third-order valence-corrected chi connectivity index (χ3v) is 4.84. The fourth-order valence-corrected chi connectivity index (χ4v) is 3.31. The standard InChI is InChI=1S/C15H21Cl2FN2O.ClH/c1-15(2,9-21)14(20-7-5-19-6-8-20)12-11(18)4-3-10(16)13(12)17;/h3-4,14,19,21H,5-9H2,1-2H3;1H/t14-;/m0./s1. The molecule has 1 aliphatic rings. The number of piperazine rings is 1. The number of nitrogens with one attached hydrogen (secondary N) is 1. The second-order valence-electron chi connectivity index (χ2n) is 6.09.